The van der Waals surface area contributed by atoms with Crippen LogP contribution in [-0.4, -0.2) is 22.0 Å². The fourth-order valence-electron chi connectivity index (χ4n) is 2.60. The van der Waals surface area contributed by atoms with Gasteiger partial charge in [-0.25, -0.2) is 4.98 Å². The van der Waals surface area contributed by atoms with E-state index in [4.69, 9.17) is 4.74 Å². The van der Waals surface area contributed by atoms with E-state index < -0.39 is 0 Å². The van der Waals surface area contributed by atoms with Crippen molar-refractivity contribution >= 4 is 5.91 Å². The van der Waals surface area contributed by atoms with Gasteiger partial charge in [-0.15, -0.1) is 0 Å². The van der Waals surface area contributed by atoms with Gasteiger partial charge in [-0.3, -0.25) is 4.79 Å². The Morgan fingerprint density at radius 1 is 1.12 bits per heavy atom. The fourth-order valence-corrected chi connectivity index (χ4v) is 2.60. The van der Waals surface area contributed by atoms with Crippen molar-refractivity contribution in [1.29, 1.82) is 0 Å². The van der Waals surface area contributed by atoms with E-state index in [1.54, 1.807) is 6.20 Å². The Morgan fingerprint density at radius 2 is 1.88 bits per heavy atom. The largest absolute Gasteiger partial charge is 0.488 e. The number of imidazole rings is 1. The number of carbonyl (C=O) groups is 1. The predicted molar refractivity (Wildman–Crippen MR) is 97.1 cm³/mol. The van der Waals surface area contributed by atoms with Crippen molar-refractivity contribution in [3.63, 3.8) is 0 Å². The van der Waals surface area contributed by atoms with Gasteiger partial charge in [-0.1, -0.05) is 42.5 Å². The van der Waals surface area contributed by atoms with Gasteiger partial charge >= 0.3 is 0 Å². The van der Waals surface area contributed by atoms with E-state index in [0.29, 0.717) is 19.7 Å². The first-order valence-electron chi connectivity index (χ1n) is 8.26. The summed E-state index contributed by atoms with van der Waals surface area (Å²) in [5, 5.41) is 2.80. The lowest BCUT2D eigenvalue weighted by atomic mass is 10.2. The SMILES string of the molecule is CC(=O)NCCn1ccnc1-c1ccccc1OCc1ccccc1. The molecule has 0 spiro atoms. The summed E-state index contributed by atoms with van der Waals surface area (Å²) in [5.74, 6) is 1.58. The van der Waals surface area contributed by atoms with E-state index in [0.717, 1.165) is 22.7 Å². The molecule has 0 bridgehead atoms. The zero-order valence-electron chi connectivity index (χ0n) is 14.2. The summed E-state index contributed by atoms with van der Waals surface area (Å²) in [5.41, 5.74) is 2.05. The molecule has 0 saturated heterocycles. The maximum atomic E-state index is 11.0. The van der Waals surface area contributed by atoms with Gasteiger partial charge in [0.1, 0.15) is 18.2 Å². The number of rotatable bonds is 7. The van der Waals surface area contributed by atoms with Crippen LogP contribution in [0.25, 0.3) is 11.4 Å². The molecule has 25 heavy (non-hydrogen) atoms. The van der Waals surface area contributed by atoms with Crippen LogP contribution < -0.4 is 10.1 Å². The lowest BCUT2D eigenvalue weighted by molar-refractivity contribution is -0.118. The Bertz CT molecular complexity index is 828. The molecule has 0 aliphatic heterocycles. The van der Waals surface area contributed by atoms with E-state index in [1.807, 2.05) is 65.4 Å². The van der Waals surface area contributed by atoms with Gasteiger partial charge in [0.25, 0.3) is 0 Å². The van der Waals surface area contributed by atoms with Gasteiger partial charge in [0, 0.05) is 32.4 Å². The van der Waals surface area contributed by atoms with Gasteiger partial charge in [0.05, 0.1) is 5.56 Å². The minimum absolute atomic E-state index is 0.0340. The highest BCUT2D eigenvalue weighted by atomic mass is 16.5. The van der Waals surface area contributed by atoms with Crippen LogP contribution in [0.2, 0.25) is 0 Å². The molecule has 0 saturated carbocycles. The van der Waals surface area contributed by atoms with Crippen LogP contribution in [0.4, 0.5) is 0 Å². The molecule has 2 aromatic carbocycles. The molecule has 3 rings (SSSR count). The summed E-state index contributed by atoms with van der Waals surface area (Å²) in [6.07, 6.45) is 3.67. The Hall–Kier alpha value is -3.08. The topological polar surface area (TPSA) is 56.2 Å². The highest BCUT2D eigenvalue weighted by molar-refractivity contribution is 5.72. The summed E-state index contributed by atoms with van der Waals surface area (Å²) in [4.78, 5) is 15.5. The van der Waals surface area contributed by atoms with Gasteiger partial charge < -0.3 is 14.6 Å². The first-order valence-corrected chi connectivity index (χ1v) is 8.26. The number of para-hydroxylation sites is 1. The molecule has 0 aliphatic rings. The van der Waals surface area contributed by atoms with Crippen molar-refractivity contribution < 1.29 is 9.53 Å². The standard InChI is InChI=1S/C20H21N3O2/c1-16(24)21-11-13-23-14-12-22-20(23)18-9-5-6-10-19(18)25-15-17-7-3-2-4-8-17/h2-10,12,14H,11,13,15H2,1H3,(H,21,24). The second-order valence-corrected chi connectivity index (χ2v) is 5.70. The minimum Gasteiger partial charge on any atom is -0.488 e. The number of hydrogen-bond donors (Lipinski definition) is 1. The Kier molecular flexibility index (Phi) is 5.46. The van der Waals surface area contributed by atoms with E-state index in [1.165, 1.54) is 6.92 Å². The monoisotopic (exact) mass is 335 g/mol. The van der Waals surface area contributed by atoms with E-state index in [2.05, 4.69) is 10.3 Å². The fraction of sp³-hybridized carbons (Fsp3) is 0.200. The maximum Gasteiger partial charge on any atom is 0.216 e. The number of amides is 1. The average molecular weight is 335 g/mol. The maximum absolute atomic E-state index is 11.0. The Morgan fingerprint density at radius 3 is 2.68 bits per heavy atom. The van der Waals surface area contributed by atoms with Crippen molar-refractivity contribution in [2.24, 2.45) is 0 Å². The third-order valence-corrected chi connectivity index (χ3v) is 3.81. The average Bonchev–Trinajstić information content (AvgIpc) is 3.09. The van der Waals surface area contributed by atoms with Crippen LogP contribution in [-0.2, 0) is 17.9 Å². The minimum atomic E-state index is -0.0340. The summed E-state index contributed by atoms with van der Waals surface area (Å²) in [7, 11) is 0. The second kappa shape index (κ2) is 8.15. The zero-order valence-corrected chi connectivity index (χ0v) is 14.2. The van der Waals surface area contributed by atoms with Gasteiger partial charge in [-0.2, -0.15) is 0 Å². The van der Waals surface area contributed by atoms with E-state index in [9.17, 15) is 4.79 Å². The number of nitrogens with zero attached hydrogens (tertiary/aromatic N) is 2. The summed E-state index contributed by atoms with van der Waals surface area (Å²) < 4.78 is 8.04. The third-order valence-electron chi connectivity index (χ3n) is 3.81. The molecule has 1 N–H and O–H groups in total. The molecule has 1 aromatic heterocycles. The van der Waals surface area contributed by atoms with Crippen molar-refractivity contribution in [3.05, 3.63) is 72.6 Å². The van der Waals surface area contributed by atoms with Crippen molar-refractivity contribution in [3.8, 4) is 17.1 Å². The van der Waals surface area contributed by atoms with Crippen molar-refractivity contribution in [1.82, 2.24) is 14.9 Å². The first kappa shape index (κ1) is 16.8. The van der Waals surface area contributed by atoms with Gasteiger partial charge in [0.2, 0.25) is 5.91 Å². The molecular formula is C20H21N3O2. The molecule has 128 valence electrons. The number of aromatic nitrogens is 2. The van der Waals surface area contributed by atoms with Crippen LogP contribution in [0, 0.1) is 0 Å². The van der Waals surface area contributed by atoms with Gasteiger partial charge in [-0.05, 0) is 17.7 Å². The molecule has 3 aromatic rings. The molecule has 5 nitrogen and oxygen atoms in total. The normalized spacial score (nSPS) is 10.4. The quantitative estimate of drug-likeness (QED) is 0.721. The first-order chi connectivity index (χ1) is 12.2. The highest BCUT2D eigenvalue weighted by Gasteiger charge is 2.11. The van der Waals surface area contributed by atoms with E-state index in [-0.39, 0.29) is 5.91 Å². The lowest BCUT2D eigenvalue weighted by Crippen LogP contribution is -2.24. The molecule has 5 heteroatoms. The van der Waals surface area contributed by atoms with Crippen LogP contribution in [0.3, 0.4) is 0 Å². The van der Waals surface area contributed by atoms with Crippen LogP contribution in [0.1, 0.15) is 12.5 Å². The smallest absolute Gasteiger partial charge is 0.216 e. The van der Waals surface area contributed by atoms with Crippen LogP contribution >= 0.6 is 0 Å². The second-order valence-electron chi connectivity index (χ2n) is 5.70. The highest BCUT2D eigenvalue weighted by Crippen LogP contribution is 2.29. The van der Waals surface area contributed by atoms with Gasteiger partial charge in [0.15, 0.2) is 0 Å². The van der Waals surface area contributed by atoms with Crippen LogP contribution in [0.15, 0.2) is 67.0 Å². The molecule has 0 atom stereocenters. The summed E-state index contributed by atoms with van der Waals surface area (Å²) >= 11 is 0. The summed E-state index contributed by atoms with van der Waals surface area (Å²) in [6, 6.07) is 17.9. The number of hydrogen-bond acceptors (Lipinski definition) is 3. The predicted octanol–water partition coefficient (Wildman–Crippen LogP) is 3.27. The van der Waals surface area contributed by atoms with Crippen LogP contribution in [0.5, 0.6) is 5.75 Å². The lowest BCUT2D eigenvalue weighted by Gasteiger charge is -2.13. The zero-order chi connectivity index (χ0) is 17.5. The number of nitrogens with one attached hydrogen (secondary N) is 1. The molecule has 0 radical (unpaired) electrons. The Labute approximate surface area is 147 Å². The molecular weight excluding hydrogens is 314 g/mol. The number of ether oxygens (including phenoxy) is 1. The molecule has 0 aliphatic carbocycles. The van der Waals surface area contributed by atoms with Crippen molar-refractivity contribution in [2.45, 2.75) is 20.1 Å². The Balaban J connectivity index is 1.77. The molecule has 0 unspecified atom stereocenters. The van der Waals surface area contributed by atoms with E-state index >= 15 is 0 Å². The summed E-state index contributed by atoms with van der Waals surface area (Å²) in [6.45, 7) is 3.24. The van der Waals surface area contributed by atoms with Crippen molar-refractivity contribution in [2.75, 3.05) is 6.54 Å². The third kappa shape index (κ3) is 4.47. The molecule has 1 amide bonds. The number of benzene rings is 2. The number of carbonyl (C=O) groups excluding carboxylic acids is 1. The molecule has 0 fully saturated rings. The molecule has 1 heterocycles.